The number of halogens is 1. The normalized spacial score (nSPS) is 12.7. The Balaban J connectivity index is 1.64. The molecule has 6 heteroatoms. The fraction of sp³-hybridized carbons (Fsp3) is 0.222. The summed E-state index contributed by atoms with van der Waals surface area (Å²) in [4.78, 5) is 25.3. The van der Waals surface area contributed by atoms with E-state index in [2.05, 4.69) is 5.32 Å². The third-order valence-electron chi connectivity index (χ3n) is 3.84. The molecule has 0 radical (unpaired) electrons. The van der Waals surface area contributed by atoms with Gasteiger partial charge in [-0.3, -0.25) is 9.59 Å². The highest BCUT2D eigenvalue weighted by atomic mass is 19.1. The van der Waals surface area contributed by atoms with Gasteiger partial charge in [0.05, 0.1) is 0 Å². The molecule has 1 N–H and O–H groups in total. The summed E-state index contributed by atoms with van der Waals surface area (Å²) in [5.74, 6) is -0.907. The van der Waals surface area contributed by atoms with Crippen molar-refractivity contribution in [2.75, 3.05) is 23.4 Å². The van der Waals surface area contributed by atoms with Crippen LogP contribution in [-0.4, -0.2) is 25.0 Å². The van der Waals surface area contributed by atoms with Crippen LogP contribution in [0.4, 0.5) is 15.8 Å². The Kier molecular flexibility index (Phi) is 4.46. The molecule has 24 heavy (non-hydrogen) atoms. The molecule has 3 rings (SSSR count). The van der Waals surface area contributed by atoms with E-state index in [1.165, 1.54) is 19.1 Å². The number of hydrogen-bond donors (Lipinski definition) is 1. The van der Waals surface area contributed by atoms with E-state index in [9.17, 15) is 14.0 Å². The summed E-state index contributed by atoms with van der Waals surface area (Å²) in [6.07, 6.45) is 0.805. The quantitative estimate of drug-likeness (QED) is 0.939. The first-order valence-electron chi connectivity index (χ1n) is 7.63. The minimum absolute atomic E-state index is 0.0277. The predicted octanol–water partition coefficient (Wildman–Crippen LogP) is 2.75. The number of carbonyl (C=O) groups is 2. The molecular weight excluding hydrogens is 311 g/mol. The zero-order valence-electron chi connectivity index (χ0n) is 13.2. The molecule has 5 nitrogen and oxygen atoms in total. The molecule has 0 unspecified atom stereocenters. The summed E-state index contributed by atoms with van der Waals surface area (Å²) in [5, 5.41) is 2.70. The molecule has 0 spiro atoms. The van der Waals surface area contributed by atoms with Crippen molar-refractivity contribution in [3.63, 3.8) is 0 Å². The highest BCUT2D eigenvalue weighted by Gasteiger charge is 2.22. The summed E-state index contributed by atoms with van der Waals surface area (Å²) < 4.78 is 18.6. The number of rotatable bonds is 4. The highest BCUT2D eigenvalue weighted by Crippen LogP contribution is 2.30. The van der Waals surface area contributed by atoms with Gasteiger partial charge in [-0.25, -0.2) is 4.39 Å². The van der Waals surface area contributed by atoms with Gasteiger partial charge < -0.3 is 15.0 Å². The fourth-order valence-corrected chi connectivity index (χ4v) is 2.69. The van der Waals surface area contributed by atoms with E-state index in [1.54, 1.807) is 29.2 Å². The lowest BCUT2D eigenvalue weighted by Crippen LogP contribution is -2.26. The van der Waals surface area contributed by atoms with Crippen molar-refractivity contribution in [3.05, 3.63) is 53.8 Å². The molecule has 2 aromatic carbocycles. The second-order valence-electron chi connectivity index (χ2n) is 5.53. The first-order chi connectivity index (χ1) is 11.5. The van der Waals surface area contributed by atoms with E-state index in [4.69, 9.17) is 4.74 Å². The van der Waals surface area contributed by atoms with Crippen molar-refractivity contribution in [2.45, 2.75) is 13.3 Å². The number of para-hydroxylation sites is 1. The first kappa shape index (κ1) is 16.0. The molecule has 1 heterocycles. The van der Waals surface area contributed by atoms with E-state index in [0.717, 1.165) is 17.7 Å². The third-order valence-corrected chi connectivity index (χ3v) is 3.84. The third kappa shape index (κ3) is 3.37. The summed E-state index contributed by atoms with van der Waals surface area (Å²) in [7, 11) is 0. The van der Waals surface area contributed by atoms with Gasteiger partial charge in [0.15, 0.2) is 18.2 Å². The van der Waals surface area contributed by atoms with Crippen LogP contribution in [0, 0.1) is 5.82 Å². The average molecular weight is 328 g/mol. The van der Waals surface area contributed by atoms with Crippen LogP contribution in [0.15, 0.2) is 42.5 Å². The minimum atomic E-state index is -0.514. The van der Waals surface area contributed by atoms with Crippen LogP contribution in [0.1, 0.15) is 12.5 Å². The molecule has 2 aromatic rings. The van der Waals surface area contributed by atoms with Gasteiger partial charge in [0, 0.05) is 24.8 Å². The van der Waals surface area contributed by atoms with E-state index >= 15 is 0 Å². The molecule has 0 bridgehead atoms. The van der Waals surface area contributed by atoms with Crippen molar-refractivity contribution in [1.29, 1.82) is 0 Å². The topological polar surface area (TPSA) is 58.6 Å². The molecule has 0 saturated heterocycles. The van der Waals surface area contributed by atoms with Gasteiger partial charge in [0.25, 0.3) is 5.91 Å². The van der Waals surface area contributed by atoms with Gasteiger partial charge in [0.1, 0.15) is 0 Å². The van der Waals surface area contributed by atoms with Crippen LogP contribution >= 0.6 is 0 Å². The Morgan fingerprint density at radius 3 is 2.79 bits per heavy atom. The monoisotopic (exact) mass is 328 g/mol. The highest BCUT2D eigenvalue weighted by molar-refractivity contribution is 5.96. The summed E-state index contributed by atoms with van der Waals surface area (Å²) in [6, 6.07) is 11.4. The number of carbonyl (C=O) groups excluding carboxylic acids is 2. The Morgan fingerprint density at radius 1 is 1.25 bits per heavy atom. The number of anilines is 2. The van der Waals surface area contributed by atoms with Crippen LogP contribution in [0.25, 0.3) is 0 Å². The van der Waals surface area contributed by atoms with Crippen molar-refractivity contribution >= 4 is 23.2 Å². The molecule has 1 aliphatic rings. The molecule has 0 aromatic heterocycles. The zero-order chi connectivity index (χ0) is 17.1. The summed E-state index contributed by atoms with van der Waals surface area (Å²) >= 11 is 0. The second-order valence-corrected chi connectivity index (χ2v) is 5.53. The van der Waals surface area contributed by atoms with Crippen molar-refractivity contribution < 1.29 is 18.7 Å². The number of nitrogens with zero attached hydrogens (tertiary/aromatic N) is 1. The van der Waals surface area contributed by atoms with Crippen molar-refractivity contribution in [3.8, 4) is 5.75 Å². The number of benzene rings is 2. The maximum Gasteiger partial charge on any atom is 0.262 e. The van der Waals surface area contributed by atoms with Crippen LogP contribution in [-0.2, 0) is 16.0 Å². The fourth-order valence-electron chi connectivity index (χ4n) is 2.69. The molecule has 2 amide bonds. The molecule has 0 saturated carbocycles. The maximum absolute atomic E-state index is 13.4. The maximum atomic E-state index is 13.4. The molecule has 124 valence electrons. The standard InChI is InChI=1S/C18H17FN2O3/c1-12(22)21-9-8-13-6-7-14(10-16(13)21)20-18(23)11-24-17-5-3-2-4-15(17)19/h2-7,10H,8-9,11H2,1H3,(H,20,23). The van der Waals surface area contributed by atoms with Crippen molar-refractivity contribution in [1.82, 2.24) is 0 Å². The SMILES string of the molecule is CC(=O)N1CCc2ccc(NC(=O)COc3ccccc3F)cc21. The summed E-state index contributed by atoms with van der Waals surface area (Å²) in [5.41, 5.74) is 2.46. The number of fused-ring (bicyclic) bond motifs is 1. The van der Waals surface area contributed by atoms with Gasteiger partial charge in [-0.2, -0.15) is 0 Å². The number of ether oxygens (including phenoxy) is 1. The minimum Gasteiger partial charge on any atom is -0.481 e. The molecule has 1 aliphatic heterocycles. The molecular formula is C18H17FN2O3. The lowest BCUT2D eigenvalue weighted by Gasteiger charge is -2.16. The first-order valence-corrected chi connectivity index (χ1v) is 7.63. The second kappa shape index (κ2) is 6.70. The van der Waals surface area contributed by atoms with Crippen LogP contribution < -0.4 is 15.0 Å². The van der Waals surface area contributed by atoms with Crippen LogP contribution in [0.2, 0.25) is 0 Å². The van der Waals surface area contributed by atoms with Crippen LogP contribution in [0.3, 0.4) is 0 Å². The number of nitrogens with one attached hydrogen (secondary N) is 1. The Hall–Kier alpha value is -2.89. The Bertz CT molecular complexity index is 792. The largest absolute Gasteiger partial charge is 0.481 e. The van der Waals surface area contributed by atoms with E-state index in [0.29, 0.717) is 12.2 Å². The lowest BCUT2D eigenvalue weighted by molar-refractivity contribution is -0.118. The molecule has 0 atom stereocenters. The molecule has 0 fully saturated rings. The van der Waals surface area contributed by atoms with E-state index in [1.807, 2.05) is 6.07 Å². The van der Waals surface area contributed by atoms with Crippen LogP contribution in [0.5, 0.6) is 5.75 Å². The average Bonchev–Trinajstić information content (AvgIpc) is 2.97. The molecule has 0 aliphatic carbocycles. The van der Waals surface area contributed by atoms with E-state index in [-0.39, 0.29) is 18.3 Å². The Labute approximate surface area is 139 Å². The summed E-state index contributed by atoms with van der Waals surface area (Å²) in [6.45, 7) is 1.87. The Morgan fingerprint density at radius 2 is 2.04 bits per heavy atom. The number of hydrogen-bond acceptors (Lipinski definition) is 3. The smallest absolute Gasteiger partial charge is 0.262 e. The lowest BCUT2D eigenvalue weighted by atomic mass is 10.1. The van der Waals surface area contributed by atoms with Gasteiger partial charge in [-0.1, -0.05) is 18.2 Å². The van der Waals surface area contributed by atoms with Gasteiger partial charge in [-0.05, 0) is 36.2 Å². The number of amides is 2. The van der Waals surface area contributed by atoms with Gasteiger partial charge in [0.2, 0.25) is 5.91 Å². The van der Waals surface area contributed by atoms with Gasteiger partial charge >= 0.3 is 0 Å². The zero-order valence-corrected chi connectivity index (χ0v) is 13.2. The predicted molar refractivity (Wildman–Crippen MR) is 88.7 cm³/mol. The van der Waals surface area contributed by atoms with Crippen molar-refractivity contribution in [2.24, 2.45) is 0 Å². The van der Waals surface area contributed by atoms with Gasteiger partial charge in [-0.15, -0.1) is 0 Å². The van der Waals surface area contributed by atoms with E-state index < -0.39 is 11.7 Å².